The maximum atomic E-state index is 10.8. The van der Waals surface area contributed by atoms with Gasteiger partial charge in [-0.25, -0.2) is 0 Å². The first-order chi connectivity index (χ1) is 11.7. The summed E-state index contributed by atoms with van der Waals surface area (Å²) in [4.78, 5) is 10.8. The van der Waals surface area contributed by atoms with E-state index in [1.165, 1.54) is 37.9 Å². The predicted molar refractivity (Wildman–Crippen MR) is 106 cm³/mol. The normalized spacial score (nSPS) is 16.6. The Labute approximate surface area is 154 Å². The Hall–Kier alpha value is -1.35. The molecule has 1 aliphatic heterocycles. The molecule has 1 heterocycles. The highest BCUT2D eigenvalue weighted by Gasteiger charge is 2.32. The molecule has 0 amide bonds. The second kappa shape index (κ2) is 9.96. The quantitative estimate of drug-likeness (QED) is 0.765. The third-order valence-corrected chi connectivity index (χ3v) is 4.83. The molecule has 142 valence electrons. The van der Waals surface area contributed by atoms with Gasteiger partial charge in [0.15, 0.2) is 0 Å². The van der Waals surface area contributed by atoms with Gasteiger partial charge in [0.05, 0.1) is 0 Å². The molecule has 0 radical (unpaired) electrons. The number of carbonyl (C=O) groups excluding carboxylic acids is 1. The summed E-state index contributed by atoms with van der Waals surface area (Å²) in [6, 6.07) is 8.89. The third kappa shape index (κ3) is 7.19. The average Bonchev–Trinajstić information content (AvgIpc) is 2.55. The lowest BCUT2D eigenvalue weighted by atomic mass is 9.70. The molecule has 1 aromatic rings. The van der Waals surface area contributed by atoms with Gasteiger partial charge in [-0.15, -0.1) is 0 Å². The lowest BCUT2D eigenvalue weighted by Gasteiger charge is -2.38. The van der Waals surface area contributed by atoms with Gasteiger partial charge in [0.1, 0.15) is 5.60 Å². The van der Waals surface area contributed by atoms with E-state index in [9.17, 15) is 4.79 Å². The van der Waals surface area contributed by atoms with E-state index in [2.05, 4.69) is 43.4 Å². The standard InChI is InChI=1S/C14H21N.C8H16O2/c1-3-14(8-10-15-11-9-14)13-7-5-4-6-12(13)2;1-5-6-7(9)10-8(2,3)4/h4-7,15H,3,8-11H2,1-2H3;5-6H2,1-4H3. The maximum Gasteiger partial charge on any atom is 0.306 e. The molecule has 2 rings (SSSR count). The minimum absolute atomic E-state index is 0.102. The monoisotopic (exact) mass is 347 g/mol. The molecule has 0 unspecified atom stereocenters. The van der Waals surface area contributed by atoms with Gasteiger partial charge in [-0.3, -0.25) is 4.79 Å². The fourth-order valence-electron chi connectivity index (χ4n) is 3.48. The Balaban J connectivity index is 0.000000275. The van der Waals surface area contributed by atoms with Crippen molar-refractivity contribution in [2.45, 2.75) is 84.7 Å². The van der Waals surface area contributed by atoms with Crippen molar-refractivity contribution in [1.82, 2.24) is 5.32 Å². The lowest BCUT2D eigenvalue weighted by molar-refractivity contribution is -0.154. The van der Waals surface area contributed by atoms with Gasteiger partial charge in [-0.1, -0.05) is 38.1 Å². The minimum Gasteiger partial charge on any atom is -0.460 e. The molecule has 0 spiro atoms. The van der Waals surface area contributed by atoms with E-state index in [4.69, 9.17) is 4.74 Å². The summed E-state index contributed by atoms with van der Waals surface area (Å²) in [7, 11) is 0. The Kier molecular flexibility index (Phi) is 8.64. The van der Waals surface area contributed by atoms with Crippen LogP contribution in [-0.4, -0.2) is 24.7 Å². The van der Waals surface area contributed by atoms with E-state index in [0.717, 1.165) is 6.42 Å². The Bertz CT molecular complexity index is 525. The molecule has 0 bridgehead atoms. The number of ether oxygens (including phenoxy) is 1. The third-order valence-electron chi connectivity index (χ3n) is 4.83. The second-order valence-corrected chi connectivity index (χ2v) is 8.04. The zero-order valence-electron chi connectivity index (χ0n) is 17.1. The first kappa shape index (κ1) is 21.7. The zero-order chi connectivity index (χ0) is 18.9. The summed E-state index contributed by atoms with van der Waals surface area (Å²) >= 11 is 0. The van der Waals surface area contributed by atoms with Crippen LogP contribution in [0.5, 0.6) is 0 Å². The fourth-order valence-corrected chi connectivity index (χ4v) is 3.48. The van der Waals surface area contributed by atoms with Crippen molar-refractivity contribution < 1.29 is 9.53 Å². The minimum atomic E-state index is -0.327. The molecule has 1 fully saturated rings. The van der Waals surface area contributed by atoms with E-state index >= 15 is 0 Å². The molecular formula is C22H37NO2. The van der Waals surface area contributed by atoms with Crippen molar-refractivity contribution in [3.05, 3.63) is 35.4 Å². The molecule has 3 nitrogen and oxygen atoms in total. The summed E-state index contributed by atoms with van der Waals surface area (Å²) in [5, 5.41) is 3.46. The van der Waals surface area contributed by atoms with Gasteiger partial charge in [-0.2, -0.15) is 0 Å². The average molecular weight is 348 g/mol. The topological polar surface area (TPSA) is 38.3 Å². The van der Waals surface area contributed by atoms with Crippen molar-refractivity contribution in [3.63, 3.8) is 0 Å². The van der Waals surface area contributed by atoms with Crippen molar-refractivity contribution in [3.8, 4) is 0 Å². The predicted octanol–water partition coefficient (Wildman–Crippen LogP) is 5.15. The van der Waals surface area contributed by atoms with Crippen LogP contribution in [0.15, 0.2) is 24.3 Å². The molecule has 1 aromatic carbocycles. The largest absolute Gasteiger partial charge is 0.460 e. The summed E-state index contributed by atoms with van der Waals surface area (Å²) in [5.74, 6) is -0.102. The number of aryl methyl sites for hydroxylation is 1. The molecule has 1 aliphatic rings. The number of hydrogen-bond donors (Lipinski definition) is 1. The smallest absolute Gasteiger partial charge is 0.306 e. The zero-order valence-corrected chi connectivity index (χ0v) is 17.1. The van der Waals surface area contributed by atoms with Crippen LogP contribution < -0.4 is 5.32 Å². The van der Waals surface area contributed by atoms with E-state index in [1.807, 2.05) is 27.7 Å². The SMILES string of the molecule is CCC1(c2ccccc2C)CCNCC1.CCCC(=O)OC(C)(C)C. The van der Waals surface area contributed by atoms with Crippen molar-refractivity contribution in [2.75, 3.05) is 13.1 Å². The van der Waals surface area contributed by atoms with Gasteiger partial charge in [0, 0.05) is 6.42 Å². The number of esters is 1. The van der Waals surface area contributed by atoms with Crippen LogP contribution in [0.1, 0.15) is 77.8 Å². The van der Waals surface area contributed by atoms with Crippen molar-refractivity contribution in [1.29, 1.82) is 0 Å². The number of hydrogen-bond acceptors (Lipinski definition) is 3. The number of rotatable bonds is 4. The number of carbonyl (C=O) groups is 1. The summed E-state index contributed by atoms with van der Waals surface area (Å²) in [5.41, 5.74) is 3.15. The Morgan fingerprint density at radius 2 is 1.76 bits per heavy atom. The number of piperidine rings is 1. The summed E-state index contributed by atoms with van der Waals surface area (Å²) in [6.07, 6.45) is 5.22. The van der Waals surface area contributed by atoms with Crippen LogP contribution >= 0.6 is 0 Å². The molecule has 25 heavy (non-hydrogen) atoms. The molecule has 1 saturated heterocycles. The van der Waals surface area contributed by atoms with Gasteiger partial charge < -0.3 is 10.1 Å². The van der Waals surface area contributed by atoms with Crippen LogP contribution in [-0.2, 0) is 14.9 Å². The molecule has 0 atom stereocenters. The van der Waals surface area contributed by atoms with Crippen LogP contribution in [0.25, 0.3) is 0 Å². The molecule has 3 heteroatoms. The van der Waals surface area contributed by atoms with E-state index < -0.39 is 0 Å². The van der Waals surface area contributed by atoms with Crippen LogP contribution in [0.2, 0.25) is 0 Å². The molecule has 1 N–H and O–H groups in total. The first-order valence-corrected chi connectivity index (χ1v) is 9.73. The van der Waals surface area contributed by atoms with Crippen LogP contribution in [0.4, 0.5) is 0 Å². The molecule has 0 saturated carbocycles. The molecular weight excluding hydrogens is 310 g/mol. The maximum absolute atomic E-state index is 10.8. The van der Waals surface area contributed by atoms with E-state index in [0.29, 0.717) is 11.8 Å². The van der Waals surface area contributed by atoms with Gasteiger partial charge in [0.25, 0.3) is 0 Å². The second-order valence-electron chi connectivity index (χ2n) is 8.04. The Morgan fingerprint density at radius 1 is 1.16 bits per heavy atom. The number of nitrogens with one attached hydrogen (secondary N) is 1. The van der Waals surface area contributed by atoms with Gasteiger partial charge in [-0.05, 0) is 83.0 Å². The van der Waals surface area contributed by atoms with Crippen LogP contribution in [0.3, 0.4) is 0 Å². The Morgan fingerprint density at radius 3 is 2.24 bits per heavy atom. The highest BCUT2D eigenvalue weighted by Crippen LogP contribution is 2.38. The van der Waals surface area contributed by atoms with E-state index in [-0.39, 0.29) is 11.6 Å². The van der Waals surface area contributed by atoms with Crippen molar-refractivity contribution in [2.24, 2.45) is 0 Å². The number of benzene rings is 1. The van der Waals surface area contributed by atoms with Crippen LogP contribution in [0, 0.1) is 6.92 Å². The van der Waals surface area contributed by atoms with Gasteiger partial charge >= 0.3 is 5.97 Å². The lowest BCUT2D eigenvalue weighted by Crippen LogP contribution is -2.39. The summed E-state index contributed by atoms with van der Waals surface area (Å²) < 4.78 is 5.04. The van der Waals surface area contributed by atoms with Crippen molar-refractivity contribution >= 4 is 5.97 Å². The van der Waals surface area contributed by atoms with Gasteiger partial charge in [0.2, 0.25) is 0 Å². The van der Waals surface area contributed by atoms with E-state index in [1.54, 1.807) is 5.56 Å². The molecule has 0 aromatic heterocycles. The highest BCUT2D eigenvalue weighted by atomic mass is 16.6. The highest BCUT2D eigenvalue weighted by molar-refractivity contribution is 5.69. The summed E-state index contributed by atoms with van der Waals surface area (Å²) in [6.45, 7) is 14.5. The first-order valence-electron chi connectivity index (χ1n) is 9.73. The molecule has 0 aliphatic carbocycles. The fraction of sp³-hybridized carbons (Fsp3) is 0.682.